The molecule has 3 N–H and O–H groups in total. The van der Waals surface area contributed by atoms with Gasteiger partial charge in [-0.15, -0.1) is 0 Å². The summed E-state index contributed by atoms with van der Waals surface area (Å²) in [7, 11) is 0. The molecule has 2 amide bonds. The number of nitrogens with one attached hydrogen (secondary N) is 3. The van der Waals surface area contributed by atoms with Gasteiger partial charge in [0.2, 0.25) is 0 Å². The highest BCUT2D eigenvalue weighted by Crippen LogP contribution is 2.22. The van der Waals surface area contributed by atoms with Gasteiger partial charge < -0.3 is 15.4 Å². The van der Waals surface area contributed by atoms with Crippen LogP contribution in [0, 0.1) is 10.1 Å². The SMILES string of the molecule is CC(C)(C)OC(=O)Nc1ccc(C(=O)NCCNc2ccccc2[N+](=O)[O-])cc1. The summed E-state index contributed by atoms with van der Waals surface area (Å²) in [6.45, 7) is 5.91. The lowest BCUT2D eigenvalue weighted by atomic mass is 10.2. The summed E-state index contributed by atoms with van der Waals surface area (Å²) < 4.78 is 5.17. The summed E-state index contributed by atoms with van der Waals surface area (Å²) in [5.74, 6) is -0.293. The van der Waals surface area contributed by atoms with Gasteiger partial charge in [0.1, 0.15) is 11.3 Å². The van der Waals surface area contributed by atoms with Crippen LogP contribution in [-0.4, -0.2) is 35.6 Å². The second-order valence-corrected chi connectivity index (χ2v) is 7.16. The minimum Gasteiger partial charge on any atom is -0.444 e. The van der Waals surface area contributed by atoms with E-state index in [9.17, 15) is 19.7 Å². The zero-order chi connectivity index (χ0) is 21.4. The summed E-state index contributed by atoms with van der Waals surface area (Å²) in [5, 5.41) is 19.2. The van der Waals surface area contributed by atoms with Crippen molar-refractivity contribution >= 4 is 29.1 Å². The minimum atomic E-state index is -0.599. The van der Waals surface area contributed by atoms with Crippen molar-refractivity contribution in [2.45, 2.75) is 26.4 Å². The molecule has 0 saturated carbocycles. The fourth-order valence-corrected chi connectivity index (χ4v) is 2.38. The van der Waals surface area contributed by atoms with Gasteiger partial charge in [-0.3, -0.25) is 20.2 Å². The van der Waals surface area contributed by atoms with E-state index in [0.29, 0.717) is 23.5 Å². The molecule has 29 heavy (non-hydrogen) atoms. The zero-order valence-corrected chi connectivity index (χ0v) is 16.5. The fraction of sp³-hybridized carbons (Fsp3) is 0.300. The molecule has 0 bridgehead atoms. The molecule has 9 heteroatoms. The van der Waals surface area contributed by atoms with Crippen LogP contribution in [0.3, 0.4) is 0 Å². The van der Waals surface area contributed by atoms with Crippen molar-refractivity contribution in [3.05, 3.63) is 64.2 Å². The summed E-state index contributed by atoms with van der Waals surface area (Å²) in [5.41, 5.74) is 0.702. The van der Waals surface area contributed by atoms with E-state index in [1.165, 1.54) is 6.07 Å². The average molecular weight is 400 g/mol. The molecular weight excluding hydrogens is 376 g/mol. The maximum atomic E-state index is 12.2. The summed E-state index contributed by atoms with van der Waals surface area (Å²) in [6.07, 6.45) is -0.573. The van der Waals surface area contributed by atoms with E-state index >= 15 is 0 Å². The molecule has 0 spiro atoms. The largest absolute Gasteiger partial charge is 0.444 e. The van der Waals surface area contributed by atoms with Crippen molar-refractivity contribution in [2.75, 3.05) is 23.7 Å². The first-order valence-corrected chi connectivity index (χ1v) is 9.01. The van der Waals surface area contributed by atoms with E-state index in [2.05, 4.69) is 16.0 Å². The lowest BCUT2D eigenvalue weighted by Gasteiger charge is -2.19. The molecular formula is C20H24N4O5. The lowest BCUT2D eigenvalue weighted by Crippen LogP contribution is -2.29. The molecule has 2 aromatic rings. The van der Waals surface area contributed by atoms with Crippen molar-refractivity contribution in [3.8, 4) is 0 Å². The maximum absolute atomic E-state index is 12.2. The molecule has 2 aromatic carbocycles. The Hall–Kier alpha value is -3.62. The number of nitro groups is 1. The zero-order valence-electron chi connectivity index (χ0n) is 16.5. The van der Waals surface area contributed by atoms with Gasteiger partial charge in [-0.05, 0) is 51.1 Å². The third-order valence-corrected chi connectivity index (χ3v) is 3.62. The molecule has 0 aromatic heterocycles. The summed E-state index contributed by atoms with van der Waals surface area (Å²) in [4.78, 5) is 34.4. The van der Waals surface area contributed by atoms with Crippen LogP contribution in [0.25, 0.3) is 0 Å². The normalized spacial score (nSPS) is 10.7. The van der Waals surface area contributed by atoms with Crippen LogP contribution in [0.5, 0.6) is 0 Å². The van der Waals surface area contributed by atoms with E-state index in [4.69, 9.17) is 4.74 Å². The van der Waals surface area contributed by atoms with Crippen LogP contribution >= 0.6 is 0 Å². The third-order valence-electron chi connectivity index (χ3n) is 3.62. The van der Waals surface area contributed by atoms with Gasteiger partial charge in [-0.1, -0.05) is 12.1 Å². The molecule has 0 aliphatic carbocycles. The first-order valence-electron chi connectivity index (χ1n) is 9.01. The number of para-hydroxylation sites is 2. The predicted molar refractivity (Wildman–Crippen MR) is 110 cm³/mol. The maximum Gasteiger partial charge on any atom is 0.412 e. The van der Waals surface area contributed by atoms with Crippen molar-refractivity contribution in [1.29, 1.82) is 0 Å². The smallest absolute Gasteiger partial charge is 0.412 e. The van der Waals surface area contributed by atoms with Gasteiger partial charge in [0.25, 0.3) is 11.6 Å². The van der Waals surface area contributed by atoms with Gasteiger partial charge >= 0.3 is 6.09 Å². The molecule has 154 valence electrons. The molecule has 0 aliphatic rings. The highest BCUT2D eigenvalue weighted by atomic mass is 16.6. The minimum absolute atomic E-state index is 0.0214. The standard InChI is InChI=1S/C20H24N4O5/c1-20(2,3)29-19(26)23-15-10-8-14(9-11-15)18(25)22-13-12-21-16-6-4-5-7-17(16)24(27)28/h4-11,21H,12-13H2,1-3H3,(H,22,25)(H,23,26). The number of nitro benzene ring substituents is 1. The monoisotopic (exact) mass is 400 g/mol. The number of rotatable bonds is 7. The number of hydrogen-bond acceptors (Lipinski definition) is 6. The van der Waals surface area contributed by atoms with Gasteiger partial charge in [-0.25, -0.2) is 4.79 Å². The van der Waals surface area contributed by atoms with Crippen LogP contribution in [-0.2, 0) is 4.74 Å². The summed E-state index contributed by atoms with van der Waals surface area (Å²) in [6, 6.07) is 12.7. The van der Waals surface area contributed by atoms with E-state index < -0.39 is 16.6 Å². The first-order chi connectivity index (χ1) is 13.7. The van der Waals surface area contributed by atoms with Gasteiger partial charge in [0.05, 0.1) is 4.92 Å². The van der Waals surface area contributed by atoms with Crippen molar-refractivity contribution < 1.29 is 19.2 Å². The molecule has 0 saturated heterocycles. The number of nitrogens with zero attached hydrogens (tertiary/aromatic N) is 1. The predicted octanol–water partition coefficient (Wildman–Crippen LogP) is 3.78. The number of amides is 2. The molecule has 0 heterocycles. The molecule has 0 unspecified atom stereocenters. The summed E-state index contributed by atoms with van der Waals surface area (Å²) >= 11 is 0. The highest BCUT2D eigenvalue weighted by Gasteiger charge is 2.16. The van der Waals surface area contributed by atoms with E-state index in [0.717, 1.165) is 0 Å². The van der Waals surface area contributed by atoms with Crippen LogP contribution < -0.4 is 16.0 Å². The van der Waals surface area contributed by atoms with Gasteiger partial charge in [-0.2, -0.15) is 0 Å². The van der Waals surface area contributed by atoms with Gasteiger partial charge in [0, 0.05) is 30.4 Å². The van der Waals surface area contributed by atoms with Crippen LogP contribution in [0.15, 0.2) is 48.5 Å². The van der Waals surface area contributed by atoms with E-state index in [-0.39, 0.29) is 18.1 Å². The number of anilines is 2. The molecule has 0 aliphatic heterocycles. The third kappa shape index (κ3) is 7.13. The topological polar surface area (TPSA) is 123 Å². The Bertz CT molecular complexity index is 875. The Kier molecular flexibility index (Phi) is 7.13. The average Bonchev–Trinajstić information content (AvgIpc) is 2.64. The quantitative estimate of drug-likeness (QED) is 0.369. The number of ether oxygens (including phenoxy) is 1. The fourth-order valence-electron chi connectivity index (χ4n) is 2.38. The van der Waals surface area contributed by atoms with Crippen LogP contribution in [0.2, 0.25) is 0 Å². The molecule has 9 nitrogen and oxygen atoms in total. The van der Waals surface area contributed by atoms with Crippen molar-refractivity contribution in [2.24, 2.45) is 0 Å². The second kappa shape index (κ2) is 9.54. The highest BCUT2D eigenvalue weighted by molar-refractivity contribution is 5.95. The van der Waals surface area contributed by atoms with Crippen molar-refractivity contribution in [1.82, 2.24) is 5.32 Å². The Balaban J connectivity index is 1.81. The first kappa shape index (κ1) is 21.7. The molecule has 0 radical (unpaired) electrons. The Morgan fingerprint density at radius 3 is 2.31 bits per heavy atom. The molecule has 0 atom stereocenters. The Morgan fingerprint density at radius 2 is 1.69 bits per heavy atom. The van der Waals surface area contributed by atoms with E-state index in [1.54, 1.807) is 63.2 Å². The number of carbonyl (C=O) groups is 2. The van der Waals surface area contributed by atoms with E-state index in [1.807, 2.05) is 0 Å². The van der Waals surface area contributed by atoms with Crippen LogP contribution in [0.1, 0.15) is 31.1 Å². The second-order valence-electron chi connectivity index (χ2n) is 7.16. The van der Waals surface area contributed by atoms with Gasteiger partial charge in [0.15, 0.2) is 0 Å². The Labute approximate surface area is 168 Å². The number of benzene rings is 2. The molecule has 2 rings (SSSR count). The number of carbonyl (C=O) groups excluding carboxylic acids is 2. The molecule has 0 fully saturated rings. The number of hydrogen-bond donors (Lipinski definition) is 3. The Morgan fingerprint density at radius 1 is 1.03 bits per heavy atom. The van der Waals surface area contributed by atoms with Crippen molar-refractivity contribution in [3.63, 3.8) is 0 Å². The lowest BCUT2D eigenvalue weighted by molar-refractivity contribution is -0.384. The van der Waals surface area contributed by atoms with Crippen LogP contribution in [0.4, 0.5) is 21.9 Å².